The Morgan fingerprint density at radius 2 is 2.35 bits per heavy atom. The largest absolute Gasteiger partial charge is 0.351 e. The molecular formula is C10H12ClF2N3O. The van der Waals surface area contributed by atoms with Crippen LogP contribution in [0.4, 0.5) is 8.78 Å². The number of aromatic nitrogens is 2. The van der Waals surface area contributed by atoms with E-state index in [2.05, 4.69) is 17.0 Å². The van der Waals surface area contributed by atoms with Gasteiger partial charge >= 0.3 is 0 Å². The summed E-state index contributed by atoms with van der Waals surface area (Å²) in [6.45, 7) is 5.14. The second-order valence-corrected chi connectivity index (χ2v) is 3.71. The van der Waals surface area contributed by atoms with Crippen LogP contribution in [0.15, 0.2) is 12.7 Å². The van der Waals surface area contributed by atoms with E-state index in [1.807, 2.05) is 0 Å². The third-order valence-corrected chi connectivity index (χ3v) is 2.57. The van der Waals surface area contributed by atoms with Crippen LogP contribution in [0.3, 0.4) is 0 Å². The van der Waals surface area contributed by atoms with Crippen molar-refractivity contribution in [1.29, 1.82) is 0 Å². The maximum atomic E-state index is 12.5. The van der Waals surface area contributed by atoms with Gasteiger partial charge in [-0.25, -0.2) is 8.78 Å². The van der Waals surface area contributed by atoms with E-state index in [0.717, 1.165) is 4.68 Å². The van der Waals surface area contributed by atoms with Crippen LogP contribution in [0.25, 0.3) is 0 Å². The van der Waals surface area contributed by atoms with Crippen LogP contribution in [-0.4, -0.2) is 22.2 Å². The molecule has 0 aliphatic heterocycles. The van der Waals surface area contributed by atoms with Crippen molar-refractivity contribution in [2.75, 3.05) is 6.54 Å². The second kappa shape index (κ2) is 5.77. The van der Waals surface area contributed by atoms with Gasteiger partial charge in [0, 0.05) is 6.54 Å². The molecule has 1 N–H and O–H groups in total. The molecule has 0 atom stereocenters. The molecule has 4 nitrogen and oxygen atoms in total. The summed E-state index contributed by atoms with van der Waals surface area (Å²) in [5, 5.41) is 6.02. The molecule has 0 bridgehead atoms. The predicted molar refractivity (Wildman–Crippen MR) is 60.1 cm³/mol. The van der Waals surface area contributed by atoms with E-state index in [0.29, 0.717) is 12.2 Å². The molecule has 1 amide bonds. The lowest BCUT2D eigenvalue weighted by atomic mass is 10.4. The average molecular weight is 264 g/mol. The second-order valence-electron chi connectivity index (χ2n) is 3.34. The Labute approximate surface area is 102 Å². The Bertz CT molecular complexity index is 431. The zero-order valence-electron chi connectivity index (χ0n) is 9.21. The monoisotopic (exact) mass is 263 g/mol. The van der Waals surface area contributed by atoms with Crippen molar-refractivity contribution in [3.8, 4) is 0 Å². The van der Waals surface area contributed by atoms with Crippen LogP contribution in [0, 0.1) is 6.92 Å². The van der Waals surface area contributed by atoms with Crippen LogP contribution in [0.1, 0.15) is 17.8 Å². The molecule has 1 rings (SSSR count). The Morgan fingerprint density at radius 3 is 2.82 bits per heavy atom. The van der Waals surface area contributed by atoms with Gasteiger partial charge in [-0.3, -0.25) is 9.48 Å². The molecule has 7 heteroatoms. The third kappa shape index (κ3) is 3.26. The number of hydrogen-bond donors (Lipinski definition) is 1. The van der Waals surface area contributed by atoms with Crippen molar-refractivity contribution in [2.24, 2.45) is 0 Å². The summed E-state index contributed by atoms with van der Waals surface area (Å²) in [5.74, 6) is -0.340. The zero-order chi connectivity index (χ0) is 13.0. The maximum Gasteiger partial charge on any atom is 0.283 e. The van der Waals surface area contributed by atoms with E-state index in [-0.39, 0.29) is 17.5 Å². The number of nitrogens with one attached hydrogen (secondary N) is 1. The predicted octanol–water partition coefficient (Wildman–Crippen LogP) is 2.08. The molecule has 1 aromatic rings. The summed E-state index contributed by atoms with van der Waals surface area (Å²) in [4.78, 5) is 11.4. The molecule has 0 unspecified atom stereocenters. The lowest BCUT2D eigenvalue weighted by Gasteiger charge is -2.04. The molecule has 0 saturated heterocycles. The van der Waals surface area contributed by atoms with Crippen molar-refractivity contribution in [3.63, 3.8) is 0 Å². The van der Waals surface area contributed by atoms with Gasteiger partial charge in [0.25, 0.3) is 6.43 Å². The third-order valence-electron chi connectivity index (χ3n) is 2.10. The Hall–Kier alpha value is -1.43. The summed E-state index contributed by atoms with van der Waals surface area (Å²) in [5.41, 5.74) is -0.156. The van der Waals surface area contributed by atoms with E-state index in [1.54, 1.807) is 0 Å². The number of rotatable bonds is 5. The number of halogens is 3. The molecule has 1 heterocycles. The smallest absolute Gasteiger partial charge is 0.283 e. The van der Waals surface area contributed by atoms with Crippen molar-refractivity contribution < 1.29 is 13.6 Å². The van der Waals surface area contributed by atoms with Crippen LogP contribution in [0.2, 0.25) is 5.02 Å². The summed E-state index contributed by atoms with van der Waals surface area (Å²) in [6.07, 6.45) is -1.23. The molecule has 94 valence electrons. The highest BCUT2D eigenvalue weighted by Gasteiger charge is 2.21. The van der Waals surface area contributed by atoms with Crippen molar-refractivity contribution >= 4 is 17.5 Å². The summed E-state index contributed by atoms with van der Waals surface area (Å²) < 4.78 is 26.1. The number of carbonyl (C=O) groups is 1. The standard InChI is InChI=1S/C10H12ClF2N3O/c1-3-4-14-7(17)5-16-6(2)8(11)9(15-16)10(12)13/h3,10H,1,4-5H2,2H3,(H,14,17). The number of alkyl halides is 2. The lowest BCUT2D eigenvalue weighted by molar-refractivity contribution is -0.121. The van der Waals surface area contributed by atoms with Gasteiger partial charge in [0.05, 0.1) is 10.7 Å². The normalized spacial score (nSPS) is 10.6. The van der Waals surface area contributed by atoms with Gasteiger partial charge in [0.1, 0.15) is 12.2 Å². The molecule has 0 aliphatic rings. The van der Waals surface area contributed by atoms with E-state index >= 15 is 0 Å². The first-order valence-corrected chi connectivity index (χ1v) is 5.23. The summed E-state index contributed by atoms with van der Waals surface area (Å²) in [7, 11) is 0. The summed E-state index contributed by atoms with van der Waals surface area (Å²) >= 11 is 5.69. The highest BCUT2D eigenvalue weighted by Crippen LogP contribution is 2.28. The molecule has 0 aromatic carbocycles. The van der Waals surface area contributed by atoms with E-state index in [1.165, 1.54) is 13.0 Å². The first-order chi connectivity index (χ1) is 7.97. The lowest BCUT2D eigenvalue weighted by Crippen LogP contribution is -2.28. The molecular weight excluding hydrogens is 252 g/mol. The number of nitrogens with zero attached hydrogens (tertiary/aromatic N) is 2. The highest BCUT2D eigenvalue weighted by atomic mass is 35.5. The highest BCUT2D eigenvalue weighted by molar-refractivity contribution is 6.31. The fourth-order valence-corrected chi connectivity index (χ4v) is 1.44. The van der Waals surface area contributed by atoms with Gasteiger partial charge in [0.15, 0.2) is 0 Å². The first-order valence-electron chi connectivity index (χ1n) is 4.86. The maximum absolute atomic E-state index is 12.5. The topological polar surface area (TPSA) is 46.9 Å². The van der Waals surface area contributed by atoms with E-state index in [4.69, 9.17) is 11.6 Å². The van der Waals surface area contributed by atoms with Gasteiger partial charge in [-0.1, -0.05) is 17.7 Å². The van der Waals surface area contributed by atoms with Gasteiger partial charge in [-0.2, -0.15) is 5.10 Å². The minimum absolute atomic E-state index is 0.100. The number of carbonyl (C=O) groups excluding carboxylic acids is 1. The van der Waals surface area contributed by atoms with Crippen LogP contribution < -0.4 is 5.32 Å². The van der Waals surface area contributed by atoms with Gasteiger partial charge < -0.3 is 5.32 Å². The van der Waals surface area contributed by atoms with Crippen LogP contribution in [-0.2, 0) is 11.3 Å². The molecule has 17 heavy (non-hydrogen) atoms. The van der Waals surface area contributed by atoms with Gasteiger partial charge in [-0.15, -0.1) is 6.58 Å². The molecule has 0 radical (unpaired) electrons. The summed E-state index contributed by atoms with van der Waals surface area (Å²) in [6, 6.07) is 0. The van der Waals surface area contributed by atoms with E-state index in [9.17, 15) is 13.6 Å². The van der Waals surface area contributed by atoms with E-state index < -0.39 is 12.1 Å². The van der Waals surface area contributed by atoms with Gasteiger partial charge in [0.2, 0.25) is 5.91 Å². The number of hydrogen-bond acceptors (Lipinski definition) is 2. The first kappa shape index (κ1) is 13.6. The minimum Gasteiger partial charge on any atom is -0.351 e. The molecule has 0 saturated carbocycles. The van der Waals surface area contributed by atoms with Crippen LogP contribution in [0.5, 0.6) is 0 Å². The van der Waals surface area contributed by atoms with Crippen molar-refractivity contribution in [1.82, 2.24) is 15.1 Å². The number of amides is 1. The SMILES string of the molecule is C=CCNC(=O)Cn1nc(C(F)F)c(Cl)c1C. The van der Waals surface area contributed by atoms with Crippen molar-refractivity contribution in [2.45, 2.75) is 19.9 Å². The van der Waals surface area contributed by atoms with Gasteiger partial charge in [-0.05, 0) is 6.92 Å². The zero-order valence-corrected chi connectivity index (χ0v) is 9.97. The fourth-order valence-electron chi connectivity index (χ4n) is 1.22. The molecule has 0 aliphatic carbocycles. The molecule has 0 fully saturated rings. The van der Waals surface area contributed by atoms with Crippen LogP contribution >= 0.6 is 11.6 Å². The Morgan fingerprint density at radius 1 is 1.71 bits per heavy atom. The quantitative estimate of drug-likeness (QED) is 0.827. The Balaban J connectivity index is 2.81. The minimum atomic E-state index is -2.75. The molecule has 0 spiro atoms. The molecule has 1 aromatic heterocycles. The van der Waals surface area contributed by atoms with Crippen molar-refractivity contribution in [3.05, 3.63) is 29.1 Å². The Kier molecular flexibility index (Phi) is 4.62. The average Bonchev–Trinajstić information content (AvgIpc) is 2.55. The fraction of sp³-hybridized carbons (Fsp3) is 0.400.